The van der Waals surface area contributed by atoms with E-state index in [9.17, 15) is 4.79 Å². The summed E-state index contributed by atoms with van der Waals surface area (Å²) in [6.07, 6.45) is 6.31. The number of anilines is 1. The van der Waals surface area contributed by atoms with Gasteiger partial charge in [-0.1, -0.05) is 0 Å². The second-order valence-electron chi connectivity index (χ2n) is 7.80. The highest BCUT2D eigenvalue weighted by Gasteiger charge is 2.51. The number of rotatable bonds is 4. The molecule has 2 saturated heterocycles. The molecule has 0 aromatic carbocycles. The number of hydrogen-bond acceptors (Lipinski definition) is 5. The number of likely N-dealkylation sites (tertiary alicyclic amines) is 1. The average Bonchev–Trinajstić information content (AvgIpc) is 3.48. The molecule has 2 aromatic heterocycles. The minimum atomic E-state index is -0.272. The predicted molar refractivity (Wildman–Crippen MR) is 105 cm³/mol. The first kappa shape index (κ1) is 17.7. The Morgan fingerprint density at radius 2 is 2.32 bits per heavy atom. The smallest absolute Gasteiger partial charge is 0.251 e. The fraction of sp³-hybridized carbons (Fsp3) is 0.524. The summed E-state index contributed by atoms with van der Waals surface area (Å²) < 4.78 is 13.3. The van der Waals surface area contributed by atoms with E-state index >= 15 is 0 Å². The molecule has 2 aromatic rings. The van der Waals surface area contributed by atoms with Gasteiger partial charge in [-0.2, -0.15) is 0 Å². The van der Waals surface area contributed by atoms with Crippen molar-refractivity contribution in [3.05, 3.63) is 42.4 Å². The van der Waals surface area contributed by atoms with Crippen LogP contribution < -0.4 is 4.90 Å². The molecule has 0 bridgehead atoms. The largest absolute Gasteiger partial charge is 0.383 e. The van der Waals surface area contributed by atoms with Gasteiger partial charge in [0.1, 0.15) is 11.6 Å². The van der Waals surface area contributed by atoms with Gasteiger partial charge < -0.3 is 23.8 Å². The quantitative estimate of drug-likeness (QED) is 0.809. The topological polar surface area (TPSA) is 59.8 Å². The van der Waals surface area contributed by atoms with Gasteiger partial charge in [-0.15, -0.1) is 0 Å². The molecule has 5 heterocycles. The van der Waals surface area contributed by atoms with Gasteiger partial charge in [0.25, 0.3) is 5.91 Å². The van der Waals surface area contributed by atoms with Crippen molar-refractivity contribution in [2.45, 2.75) is 30.9 Å². The first-order chi connectivity index (χ1) is 13.7. The van der Waals surface area contributed by atoms with E-state index in [1.807, 2.05) is 17.2 Å². The van der Waals surface area contributed by atoms with E-state index in [1.54, 1.807) is 7.11 Å². The van der Waals surface area contributed by atoms with E-state index in [2.05, 4.69) is 38.8 Å². The van der Waals surface area contributed by atoms with Crippen molar-refractivity contribution >= 4 is 11.6 Å². The first-order valence-electron chi connectivity index (χ1n) is 10.0. The average molecular weight is 382 g/mol. The molecule has 148 valence electrons. The zero-order valence-electron chi connectivity index (χ0n) is 16.2. The monoisotopic (exact) mass is 382 g/mol. The van der Waals surface area contributed by atoms with Crippen LogP contribution in [-0.4, -0.2) is 66.4 Å². The molecular formula is C21H26N4O3. The molecule has 7 heteroatoms. The van der Waals surface area contributed by atoms with Crippen LogP contribution >= 0.6 is 0 Å². The minimum absolute atomic E-state index is 0.135. The lowest BCUT2D eigenvalue weighted by Gasteiger charge is -2.47. The molecule has 1 spiro atoms. The molecule has 3 aliphatic rings. The summed E-state index contributed by atoms with van der Waals surface area (Å²) >= 11 is 0. The van der Waals surface area contributed by atoms with Crippen molar-refractivity contribution in [2.75, 3.05) is 44.9 Å². The van der Waals surface area contributed by atoms with E-state index in [1.165, 1.54) is 5.69 Å². The second kappa shape index (κ2) is 6.90. The Balaban J connectivity index is 1.54. The third-order valence-corrected chi connectivity index (χ3v) is 6.31. The number of ether oxygens (including phenoxy) is 2. The van der Waals surface area contributed by atoms with E-state index in [-0.39, 0.29) is 17.6 Å². The Morgan fingerprint density at radius 1 is 1.39 bits per heavy atom. The summed E-state index contributed by atoms with van der Waals surface area (Å²) in [4.78, 5) is 22.1. The highest BCUT2D eigenvalue weighted by atomic mass is 16.5. The molecule has 5 rings (SSSR count). The summed E-state index contributed by atoms with van der Waals surface area (Å²) in [5, 5.41) is 0. The Morgan fingerprint density at radius 3 is 3.14 bits per heavy atom. The van der Waals surface area contributed by atoms with Gasteiger partial charge in [0.15, 0.2) is 5.82 Å². The Bertz CT molecular complexity index is 876. The Hall–Kier alpha value is -2.38. The fourth-order valence-corrected chi connectivity index (χ4v) is 5.00. The third-order valence-electron chi connectivity index (χ3n) is 6.31. The molecule has 0 N–H and O–H groups in total. The highest BCUT2D eigenvalue weighted by Crippen LogP contribution is 2.47. The normalized spacial score (nSPS) is 26.0. The van der Waals surface area contributed by atoms with Gasteiger partial charge in [-0.05, 0) is 43.5 Å². The lowest BCUT2D eigenvalue weighted by atomic mass is 9.89. The van der Waals surface area contributed by atoms with Gasteiger partial charge in [0, 0.05) is 45.7 Å². The number of methoxy groups -OCH3 is 1. The molecule has 2 fully saturated rings. The van der Waals surface area contributed by atoms with Gasteiger partial charge in [-0.25, -0.2) is 4.98 Å². The number of aromatic nitrogens is 2. The molecule has 0 saturated carbocycles. The number of fused-ring (bicyclic) bond motifs is 4. The lowest BCUT2D eigenvalue weighted by Crippen LogP contribution is -2.54. The summed E-state index contributed by atoms with van der Waals surface area (Å²) in [6.45, 7) is 3.47. The second-order valence-corrected chi connectivity index (χ2v) is 7.80. The van der Waals surface area contributed by atoms with Crippen molar-refractivity contribution in [3.8, 4) is 5.82 Å². The molecule has 0 aliphatic carbocycles. The zero-order valence-corrected chi connectivity index (χ0v) is 16.2. The zero-order chi connectivity index (χ0) is 19.1. The van der Waals surface area contributed by atoms with Crippen LogP contribution in [0.1, 0.15) is 25.0 Å². The molecule has 2 atom stereocenters. The van der Waals surface area contributed by atoms with Crippen molar-refractivity contribution in [1.82, 2.24) is 14.5 Å². The molecule has 0 unspecified atom stereocenters. The van der Waals surface area contributed by atoms with Crippen LogP contribution in [0.15, 0.2) is 36.7 Å². The van der Waals surface area contributed by atoms with Crippen molar-refractivity contribution < 1.29 is 14.3 Å². The Labute approximate surface area is 164 Å². The molecule has 0 radical (unpaired) electrons. The number of hydrogen-bond donors (Lipinski definition) is 0. The lowest BCUT2D eigenvalue weighted by molar-refractivity contribution is -0.140. The number of nitrogens with zero attached hydrogens (tertiary/aromatic N) is 4. The highest BCUT2D eigenvalue weighted by molar-refractivity contribution is 5.82. The summed E-state index contributed by atoms with van der Waals surface area (Å²) in [6, 6.07) is 8.33. The van der Waals surface area contributed by atoms with Gasteiger partial charge in [0.2, 0.25) is 0 Å². The summed E-state index contributed by atoms with van der Waals surface area (Å²) in [5.41, 5.74) is 2.01. The molecule has 1 amide bonds. The maximum Gasteiger partial charge on any atom is 0.251 e. The van der Waals surface area contributed by atoms with Crippen LogP contribution in [0, 0.1) is 0 Å². The number of carbonyl (C=O) groups excluding carboxylic acids is 1. The predicted octanol–water partition coefficient (Wildman–Crippen LogP) is 1.95. The number of amides is 1. The number of pyridine rings is 1. The molecule has 7 nitrogen and oxygen atoms in total. The van der Waals surface area contributed by atoms with Crippen LogP contribution in [0.3, 0.4) is 0 Å². The third kappa shape index (κ3) is 2.57. The number of carbonyl (C=O) groups is 1. The van der Waals surface area contributed by atoms with E-state index in [0.717, 1.165) is 43.9 Å². The summed E-state index contributed by atoms with van der Waals surface area (Å²) in [5.74, 6) is 1.07. The van der Waals surface area contributed by atoms with Crippen LogP contribution in [0.25, 0.3) is 5.82 Å². The van der Waals surface area contributed by atoms with E-state index in [0.29, 0.717) is 19.8 Å². The van der Waals surface area contributed by atoms with Crippen molar-refractivity contribution in [3.63, 3.8) is 0 Å². The SMILES string of the molecule is COCCN1c2cccnc2-n2cccc2[C@@]12CCN(C(=O)[C@H]1CCCO1)C2. The summed E-state index contributed by atoms with van der Waals surface area (Å²) in [7, 11) is 1.73. The van der Waals surface area contributed by atoms with E-state index in [4.69, 9.17) is 9.47 Å². The maximum atomic E-state index is 13.0. The van der Waals surface area contributed by atoms with Gasteiger partial charge >= 0.3 is 0 Å². The van der Waals surface area contributed by atoms with Crippen LogP contribution in [0.4, 0.5) is 5.69 Å². The molecular weight excluding hydrogens is 356 g/mol. The molecule has 28 heavy (non-hydrogen) atoms. The Kier molecular flexibility index (Phi) is 4.36. The standard InChI is InChI=1S/C21H26N4O3/c1-27-14-12-25-16-5-2-9-22-19(16)24-10-3-7-18(24)21(25)8-11-23(15-21)20(26)17-6-4-13-28-17/h2-3,5,7,9-10,17H,4,6,8,11-15H2,1H3/t17-,21+/m1/s1. The van der Waals surface area contributed by atoms with Gasteiger partial charge in [0.05, 0.1) is 18.0 Å². The molecule has 3 aliphatic heterocycles. The van der Waals surface area contributed by atoms with Crippen LogP contribution in [-0.2, 0) is 19.8 Å². The maximum absolute atomic E-state index is 13.0. The van der Waals surface area contributed by atoms with E-state index < -0.39 is 0 Å². The fourth-order valence-electron chi connectivity index (χ4n) is 5.00. The van der Waals surface area contributed by atoms with Crippen molar-refractivity contribution in [1.29, 1.82) is 0 Å². The minimum Gasteiger partial charge on any atom is -0.383 e. The first-order valence-corrected chi connectivity index (χ1v) is 10.0. The van der Waals surface area contributed by atoms with Crippen molar-refractivity contribution in [2.24, 2.45) is 0 Å². The van der Waals surface area contributed by atoms with Gasteiger partial charge in [-0.3, -0.25) is 4.79 Å². The van der Waals surface area contributed by atoms with Crippen LogP contribution in [0.5, 0.6) is 0 Å². The van der Waals surface area contributed by atoms with Crippen LogP contribution in [0.2, 0.25) is 0 Å².